The first-order valence-corrected chi connectivity index (χ1v) is 5.68. The predicted octanol–water partition coefficient (Wildman–Crippen LogP) is 4.66. The van der Waals surface area contributed by atoms with E-state index in [4.69, 9.17) is 0 Å². The molecule has 0 N–H and O–H groups in total. The van der Waals surface area contributed by atoms with Crippen molar-refractivity contribution < 1.29 is 13.2 Å². The van der Waals surface area contributed by atoms with Crippen molar-refractivity contribution in [3.8, 4) is 0 Å². The van der Waals surface area contributed by atoms with Crippen molar-refractivity contribution in [1.29, 1.82) is 0 Å². The Morgan fingerprint density at radius 2 is 1.65 bits per heavy atom. The lowest BCUT2D eigenvalue weighted by molar-refractivity contribution is -0.137. The highest BCUT2D eigenvalue weighted by Crippen LogP contribution is 2.34. The van der Waals surface area contributed by atoms with E-state index in [0.717, 1.165) is 17.0 Å². The molecule has 0 amide bonds. The molecule has 0 atom stereocenters. The molecule has 0 saturated carbocycles. The minimum atomic E-state index is -4.29. The molecule has 0 aliphatic rings. The molecular formula is C13H8F3S. The molecule has 2 aromatic rings. The van der Waals surface area contributed by atoms with E-state index in [1.807, 2.05) is 12.1 Å². The van der Waals surface area contributed by atoms with Crippen molar-refractivity contribution in [2.75, 3.05) is 0 Å². The van der Waals surface area contributed by atoms with Crippen LogP contribution in [0.4, 0.5) is 13.2 Å². The van der Waals surface area contributed by atoms with Gasteiger partial charge in [0.25, 0.3) is 0 Å². The van der Waals surface area contributed by atoms with E-state index in [0.29, 0.717) is 4.90 Å². The van der Waals surface area contributed by atoms with Crippen molar-refractivity contribution >= 4 is 11.8 Å². The molecule has 17 heavy (non-hydrogen) atoms. The first-order valence-electron chi connectivity index (χ1n) is 4.87. The van der Waals surface area contributed by atoms with Gasteiger partial charge in [-0.25, -0.2) is 0 Å². The summed E-state index contributed by atoms with van der Waals surface area (Å²) in [4.78, 5) is 1.47. The normalized spacial score (nSPS) is 11.5. The Bertz CT molecular complexity index is 492. The zero-order valence-corrected chi connectivity index (χ0v) is 9.48. The van der Waals surface area contributed by atoms with Gasteiger partial charge in [0.1, 0.15) is 0 Å². The van der Waals surface area contributed by atoms with Crippen LogP contribution in [0.25, 0.3) is 0 Å². The summed E-state index contributed by atoms with van der Waals surface area (Å²) in [5.41, 5.74) is -0.620. The third-order valence-electron chi connectivity index (χ3n) is 2.08. The minimum Gasteiger partial charge on any atom is -0.166 e. The molecule has 2 aromatic carbocycles. The molecule has 0 aliphatic carbocycles. The predicted molar refractivity (Wildman–Crippen MR) is 60.8 cm³/mol. The van der Waals surface area contributed by atoms with Gasteiger partial charge >= 0.3 is 6.18 Å². The van der Waals surface area contributed by atoms with Crippen LogP contribution in [0.2, 0.25) is 0 Å². The fourth-order valence-corrected chi connectivity index (χ4v) is 2.19. The maximum absolute atomic E-state index is 12.5. The molecule has 0 unspecified atom stereocenters. The molecule has 0 aliphatic heterocycles. The molecule has 87 valence electrons. The molecule has 0 saturated heterocycles. The van der Waals surface area contributed by atoms with Crippen LogP contribution in [0.15, 0.2) is 58.3 Å². The average Bonchev–Trinajstić information content (AvgIpc) is 2.29. The fourth-order valence-electron chi connectivity index (χ4n) is 1.31. The van der Waals surface area contributed by atoms with Crippen LogP contribution < -0.4 is 0 Å². The summed E-state index contributed by atoms with van der Waals surface area (Å²) in [7, 11) is 0. The average molecular weight is 253 g/mol. The molecular weight excluding hydrogens is 245 g/mol. The van der Waals surface area contributed by atoms with Crippen LogP contribution in [-0.2, 0) is 6.18 Å². The number of halogens is 3. The first-order chi connectivity index (χ1) is 8.05. The number of hydrogen-bond donors (Lipinski definition) is 0. The third-order valence-corrected chi connectivity index (χ3v) is 3.08. The lowest BCUT2D eigenvalue weighted by Crippen LogP contribution is -2.04. The van der Waals surface area contributed by atoms with Crippen molar-refractivity contribution in [3.05, 3.63) is 60.2 Å². The van der Waals surface area contributed by atoms with Gasteiger partial charge in [-0.2, -0.15) is 13.2 Å². The van der Waals surface area contributed by atoms with Gasteiger partial charge in [-0.1, -0.05) is 30.0 Å². The molecule has 0 heterocycles. The highest BCUT2D eigenvalue weighted by molar-refractivity contribution is 7.99. The van der Waals surface area contributed by atoms with Gasteiger partial charge in [0.05, 0.1) is 5.56 Å². The summed E-state index contributed by atoms with van der Waals surface area (Å²) in [5, 5.41) is 0. The molecule has 0 aromatic heterocycles. The molecule has 0 fully saturated rings. The largest absolute Gasteiger partial charge is 0.416 e. The van der Waals surface area contributed by atoms with Gasteiger partial charge in [-0.05, 0) is 36.4 Å². The highest BCUT2D eigenvalue weighted by Gasteiger charge is 2.30. The summed E-state index contributed by atoms with van der Waals surface area (Å²) in [6.07, 6.45) is -4.29. The minimum absolute atomic E-state index is 0.575. The van der Waals surface area contributed by atoms with E-state index < -0.39 is 11.7 Å². The summed E-state index contributed by atoms with van der Waals surface area (Å²) in [6, 6.07) is 15.3. The van der Waals surface area contributed by atoms with Crippen molar-refractivity contribution in [1.82, 2.24) is 0 Å². The Morgan fingerprint density at radius 3 is 2.29 bits per heavy atom. The van der Waals surface area contributed by atoms with E-state index in [1.165, 1.54) is 17.8 Å². The van der Waals surface area contributed by atoms with Crippen LogP contribution in [0, 0.1) is 6.07 Å². The summed E-state index contributed by atoms with van der Waals surface area (Å²) < 4.78 is 37.5. The maximum Gasteiger partial charge on any atom is 0.416 e. The van der Waals surface area contributed by atoms with E-state index in [1.54, 1.807) is 18.2 Å². The Morgan fingerprint density at radius 1 is 0.941 bits per heavy atom. The Labute approximate surface area is 101 Å². The van der Waals surface area contributed by atoms with E-state index in [9.17, 15) is 13.2 Å². The Balaban J connectivity index is 2.23. The second-order valence-electron chi connectivity index (χ2n) is 3.36. The van der Waals surface area contributed by atoms with Gasteiger partial charge in [-0.3, -0.25) is 0 Å². The zero-order valence-electron chi connectivity index (χ0n) is 8.66. The van der Waals surface area contributed by atoms with Gasteiger partial charge in [-0.15, -0.1) is 0 Å². The van der Waals surface area contributed by atoms with Crippen molar-refractivity contribution in [3.63, 3.8) is 0 Å². The summed E-state index contributed by atoms with van der Waals surface area (Å²) in [6.45, 7) is 0. The van der Waals surface area contributed by atoms with Crippen molar-refractivity contribution in [2.45, 2.75) is 16.0 Å². The molecule has 0 bridgehead atoms. The topological polar surface area (TPSA) is 0 Å². The lowest BCUT2D eigenvalue weighted by atomic mass is 10.2. The maximum atomic E-state index is 12.5. The number of benzene rings is 2. The summed E-state index contributed by atoms with van der Waals surface area (Å²) >= 11 is 1.30. The fraction of sp³-hybridized carbons (Fsp3) is 0.0769. The van der Waals surface area contributed by atoms with E-state index in [2.05, 4.69) is 6.07 Å². The van der Waals surface area contributed by atoms with E-state index in [-0.39, 0.29) is 0 Å². The van der Waals surface area contributed by atoms with E-state index >= 15 is 0 Å². The van der Waals surface area contributed by atoms with Crippen LogP contribution in [-0.4, -0.2) is 0 Å². The Kier molecular flexibility index (Phi) is 3.43. The second kappa shape index (κ2) is 4.84. The van der Waals surface area contributed by atoms with Gasteiger partial charge in [0.15, 0.2) is 0 Å². The van der Waals surface area contributed by atoms with Crippen LogP contribution in [0.1, 0.15) is 5.56 Å². The molecule has 0 nitrogen and oxygen atoms in total. The summed E-state index contributed by atoms with van der Waals surface area (Å²) in [5.74, 6) is 0. The monoisotopic (exact) mass is 253 g/mol. The van der Waals surface area contributed by atoms with Crippen LogP contribution in [0.3, 0.4) is 0 Å². The standard InChI is InChI=1S/C13H8F3S/c14-13(15,16)10-5-4-8-12(9-10)17-11-6-2-1-3-7-11/h2-9H. The quantitative estimate of drug-likeness (QED) is 0.750. The zero-order chi connectivity index (χ0) is 12.3. The number of rotatable bonds is 2. The number of alkyl halides is 3. The van der Waals surface area contributed by atoms with Gasteiger partial charge < -0.3 is 0 Å². The molecule has 4 heteroatoms. The lowest BCUT2D eigenvalue weighted by Gasteiger charge is -2.08. The van der Waals surface area contributed by atoms with Crippen LogP contribution in [0.5, 0.6) is 0 Å². The third kappa shape index (κ3) is 3.27. The molecule has 0 spiro atoms. The highest BCUT2D eigenvalue weighted by atomic mass is 32.2. The van der Waals surface area contributed by atoms with Crippen LogP contribution >= 0.6 is 11.8 Å². The Hall–Kier alpha value is -1.42. The molecule has 1 radical (unpaired) electrons. The molecule has 2 rings (SSSR count). The van der Waals surface area contributed by atoms with Gasteiger partial charge in [0.2, 0.25) is 0 Å². The smallest absolute Gasteiger partial charge is 0.166 e. The van der Waals surface area contributed by atoms with Gasteiger partial charge in [0, 0.05) is 9.79 Å². The first kappa shape index (κ1) is 12.0. The van der Waals surface area contributed by atoms with Crippen molar-refractivity contribution in [2.24, 2.45) is 0 Å². The second-order valence-corrected chi connectivity index (χ2v) is 4.51. The SMILES string of the molecule is FC(F)(F)c1cccc(Sc2cc[c]cc2)c1. The number of hydrogen-bond acceptors (Lipinski definition) is 1.